The van der Waals surface area contributed by atoms with Gasteiger partial charge in [-0.1, -0.05) is 32.9 Å². The highest BCUT2D eigenvalue weighted by Gasteiger charge is 2.43. The fraction of sp³-hybridized carbons (Fsp3) is 0.538. The second-order valence-electron chi connectivity index (χ2n) is 10.8. The molecule has 3 heterocycles. The van der Waals surface area contributed by atoms with E-state index in [-0.39, 0.29) is 23.8 Å². The normalized spacial score (nSPS) is 21.8. The van der Waals surface area contributed by atoms with Gasteiger partial charge in [0.15, 0.2) is 11.5 Å². The second-order valence-corrected chi connectivity index (χ2v) is 10.8. The minimum absolute atomic E-state index is 0.0603. The lowest BCUT2D eigenvalue weighted by Crippen LogP contribution is -2.39. The quantitative estimate of drug-likeness (QED) is 0.259. The van der Waals surface area contributed by atoms with Crippen molar-refractivity contribution in [2.45, 2.75) is 63.6 Å². The van der Waals surface area contributed by atoms with E-state index in [1.807, 2.05) is 36.2 Å². The van der Waals surface area contributed by atoms with Crippen LogP contribution in [0.3, 0.4) is 0 Å². The van der Waals surface area contributed by atoms with Gasteiger partial charge in [-0.2, -0.15) is 0 Å². The van der Waals surface area contributed by atoms with Gasteiger partial charge in [0.05, 0.1) is 19.0 Å². The van der Waals surface area contributed by atoms with Gasteiger partial charge in [0.1, 0.15) is 30.2 Å². The minimum atomic E-state index is -1.05. The van der Waals surface area contributed by atoms with Crippen molar-refractivity contribution in [3.8, 4) is 0 Å². The van der Waals surface area contributed by atoms with Crippen LogP contribution in [0.5, 0.6) is 0 Å². The van der Waals surface area contributed by atoms with Gasteiger partial charge in [-0.3, -0.25) is 0 Å². The van der Waals surface area contributed by atoms with Gasteiger partial charge in [0.25, 0.3) is 0 Å². The maximum Gasteiger partial charge on any atom is 0.319 e. The van der Waals surface area contributed by atoms with E-state index in [2.05, 4.69) is 46.4 Å². The van der Waals surface area contributed by atoms with Gasteiger partial charge >= 0.3 is 6.03 Å². The van der Waals surface area contributed by atoms with Crippen LogP contribution in [-0.4, -0.2) is 91.8 Å². The molecule has 1 aromatic carbocycles. The number of nitrogens with two attached hydrogens (primary N) is 1. The maximum atomic E-state index is 12.2. The molecule has 12 nitrogen and oxygen atoms in total. The summed E-state index contributed by atoms with van der Waals surface area (Å²) >= 11 is 0. The molecular formula is C26H38N8O4. The number of fused-ring (bicyclic) bond motifs is 1. The smallest absolute Gasteiger partial charge is 0.319 e. The highest BCUT2D eigenvalue weighted by Crippen LogP contribution is 2.25. The molecule has 6 N–H and O–H groups in total. The van der Waals surface area contributed by atoms with E-state index in [9.17, 15) is 15.0 Å². The number of likely N-dealkylation sites (N-methyl/N-ethyl adjacent to an activating group) is 1. The topological polar surface area (TPSA) is 164 Å². The number of rotatable bonds is 9. The Hall–Kier alpha value is -3.32. The molecule has 2 amide bonds. The van der Waals surface area contributed by atoms with Crippen molar-refractivity contribution in [3.05, 3.63) is 42.5 Å². The number of amides is 2. The molecule has 206 valence electrons. The first-order chi connectivity index (χ1) is 18.0. The molecule has 0 radical (unpaired) electrons. The number of nitrogens with zero attached hydrogens (tertiary/aromatic N) is 5. The van der Waals surface area contributed by atoms with Crippen LogP contribution in [-0.2, 0) is 16.7 Å². The molecule has 0 aliphatic carbocycles. The lowest BCUT2D eigenvalue weighted by atomic mass is 9.87. The van der Waals surface area contributed by atoms with Crippen LogP contribution >= 0.6 is 0 Å². The molecule has 38 heavy (non-hydrogen) atoms. The molecule has 1 saturated heterocycles. The van der Waals surface area contributed by atoms with Crippen molar-refractivity contribution >= 4 is 28.7 Å². The number of hydrogen-bond donors (Lipinski definition) is 5. The Bertz CT molecular complexity index is 1230. The van der Waals surface area contributed by atoms with Crippen LogP contribution in [0.15, 0.2) is 36.9 Å². The molecule has 12 heteroatoms. The van der Waals surface area contributed by atoms with Crippen LogP contribution in [0.2, 0.25) is 0 Å². The third-order valence-corrected chi connectivity index (χ3v) is 6.77. The number of aliphatic hydroxyl groups is 2. The number of anilines is 2. The summed E-state index contributed by atoms with van der Waals surface area (Å²) in [6.07, 6.45) is 0.391. The van der Waals surface area contributed by atoms with E-state index in [0.717, 1.165) is 5.69 Å². The predicted octanol–water partition coefficient (Wildman–Crippen LogP) is 1.34. The summed E-state index contributed by atoms with van der Waals surface area (Å²) in [6.45, 7) is 8.31. The van der Waals surface area contributed by atoms with E-state index in [0.29, 0.717) is 37.2 Å². The zero-order valence-electron chi connectivity index (χ0n) is 22.3. The number of nitrogen functional groups attached to an aromatic ring is 1. The second kappa shape index (κ2) is 11.6. The molecule has 2 aromatic heterocycles. The Morgan fingerprint density at radius 2 is 1.84 bits per heavy atom. The molecule has 1 aliphatic heterocycles. The van der Waals surface area contributed by atoms with Gasteiger partial charge in [-0.25, -0.2) is 19.7 Å². The molecule has 4 rings (SSSR count). The number of ether oxygens (including phenoxy) is 1. The zero-order valence-corrected chi connectivity index (χ0v) is 22.3. The van der Waals surface area contributed by atoms with E-state index < -0.39 is 24.4 Å². The van der Waals surface area contributed by atoms with Crippen molar-refractivity contribution in [1.82, 2.24) is 29.7 Å². The van der Waals surface area contributed by atoms with Crippen molar-refractivity contribution in [1.29, 1.82) is 0 Å². The summed E-state index contributed by atoms with van der Waals surface area (Å²) in [5.41, 5.74) is 8.88. The van der Waals surface area contributed by atoms with Gasteiger partial charge in [0, 0.05) is 18.8 Å². The third kappa shape index (κ3) is 6.57. The molecule has 0 spiro atoms. The summed E-state index contributed by atoms with van der Waals surface area (Å²) < 4.78 is 7.74. The minimum Gasteiger partial charge on any atom is -0.388 e. The average Bonchev–Trinajstić information content (AvgIpc) is 3.39. The Labute approximate surface area is 222 Å². The van der Waals surface area contributed by atoms with E-state index in [1.165, 1.54) is 11.9 Å². The summed E-state index contributed by atoms with van der Waals surface area (Å²) in [5, 5.41) is 26.9. The zero-order chi connectivity index (χ0) is 27.4. The number of nitrogens with one attached hydrogen (secondary N) is 2. The summed E-state index contributed by atoms with van der Waals surface area (Å²) in [4.78, 5) is 26.6. The van der Waals surface area contributed by atoms with Gasteiger partial charge in [-0.05, 0) is 43.1 Å². The third-order valence-electron chi connectivity index (χ3n) is 6.77. The first-order valence-electron chi connectivity index (χ1n) is 12.8. The van der Waals surface area contributed by atoms with Crippen molar-refractivity contribution in [2.75, 3.05) is 37.7 Å². The number of hydrogen-bond acceptors (Lipinski definition) is 9. The maximum absolute atomic E-state index is 12.2. The predicted molar refractivity (Wildman–Crippen MR) is 145 cm³/mol. The first kappa shape index (κ1) is 27.7. The molecule has 1 fully saturated rings. The Kier molecular flexibility index (Phi) is 8.46. The summed E-state index contributed by atoms with van der Waals surface area (Å²) in [6, 6.07) is 7.60. The number of carbonyl (C=O) groups excluding carboxylic acids is 1. The molecule has 0 bridgehead atoms. The summed E-state index contributed by atoms with van der Waals surface area (Å²) in [5.74, 6) is 0.280. The highest BCUT2D eigenvalue weighted by atomic mass is 16.5. The van der Waals surface area contributed by atoms with E-state index in [1.54, 1.807) is 10.9 Å². The Morgan fingerprint density at radius 1 is 1.13 bits per heavy atom. The fourth-order valence-electron chi connectivity index (χ4n) is 4.53. The SMILES string of the molecule is CN(CCCNC(=O)Nc1ccc(C(C)(C)C)cc1)C[C@H]1OC(Cn2cnc3c(N)ncnc32)[C@H](O)[C@@H]1O. The number of aliphatic hydroxyl groups excluding tert-OH is 2. The standard InChI is InChI=1S/C26H38N8O4/c1-26(2,3)16-6-8-17(9-7-16)32-25(37)28-10-5-11-33(4)12-18-21(35)22(36)19(38-18)13-34-15-31-20-23(27)29-14-30-24(20)34/h6-9,14-15,18-19,21-22,35-36H,5,10-13H2,1-4H3,(H2,27,29,30)(H2,28,32,37)/t18-,19?,21-,22+/m1/s1. The highest BCUT2D eigenvalue weighted by molar-refractivity contribution is 5.89. The lowest BCUT2D eigenvalue weighted by molar-refractivity contribution is -0.0127. The number of aromatic nitrogens is 4. The number of imidazole rings is 1. The summed E-state index contributed by atoms with van der Waals surface area (Å²) in [7, 11) is 1.91. The number of benzene rings is 1. The van der Waals surface area contributed by atoms with Crippen molar-refractivity contribution < 1.29 is 19.7 Å². The van der Waals surface area contributed by atoms with Crippen molar-refractivity contribution in [2.24, 2.45) is 0 Å². The molecular weight excluding hydrogens is 488 g/mol. The molecule has 0 saturated carbocycles. The molecule has 1 aliphatic rings. The first-order valence-corrected chi connectivity index (χ1v) is 12.8. The Balaban J connectivity index is 1.18. The number of urea groups is 1. The monoisotopic (exact) mass is 526 g/mol. The van der Waals surface area contributed by atoms with Crippen LogP contribution in [0.25, 0.3) is 11.2 Å². The van der Waals surface area contributed by atoms with E-state index in [4.69, 9.17) is 10.5 Å². The van der Waals surface area contributed by atoms with Crippen LogP contribution in [0, 0.1) is 0 Å². The molecule has 1 unspecified atom stereocenters. The van der Waals surface area contributed by atoms with Gasteiger partial charge < -0.3 is 40.8 Å². The average molecular weight is 527 g/mol. The Morgan fingerprint density at radius 3 is 2.55 bits per heavy atom. The fourth-order valence-corrected chi connectivity index (χ4v) is 4.53. The molecule has 3 aromatic rings. The number of carbonyl (C=O) groups is 1. The largest absolute Gasteiger partial charge is 0.388 e. The van der Waals surface area contributed by atoms with Gasteiger partial charge in [-0.15, -0.1) is 0 Å². The molecule has 4 atom stereocenters. The van der Waals surface area contributed by atoms with Crippen LogP contribution in [0.1, 0.15) is 32.8 Å². The van der Waals surface area contributed by atoms with Crippen LogP contribution in [0.4, 0.5) is 16.3 Å². The van der Waals surface area contributed by atoms with Crippen LogP contribution < -0.4 is 16.4 Å². The van der Waals surface area contributed by atoms with Crippen molar-refractivity contribution in [3.63, 3.8) is 0 Å². The lowest BCUT2D eigenvalue weighted by Gasteiger charge is -2.23. The van der Waals surface area contributed by atoms with E-state index >= 15 is 0 Å². The van der Waals surface area contributed by atoms with Gasteiger partial charge in [0.2, 0.25) is 0 Å².